The quantitative estimate of drug-likeness (QED) is 0.810. The highest BCUT2D eigenvalue weighted by molar-refractivity contribution is 4.93. The van der Waals surface area contributed by atoms with Crippen LogP contribution in [0.4, 0.5) is 0 Å². The molecule has 0 aromatic heterocycles. The highest BCUT2D eigenvalue weighted by Gasteiger charge is 2.36. The Hall–Kier alpha value is -0.0800. The first-order valence-electron chi connectivity index (χ1n) is 7.84. The van der Waals surface area contributed by atoms with Gasteiger partial charge in [-0.25, -0.2) is 0 Å². The van der Waals surface area contributed by atoms with E-state index in [1.165, 1.54) is 64.6 Å². The van der Waals surface area contributed by atoms with E-state index >= 15 is 0 Å². The molecule has 1 aliphatic heterocycles. The summed E-state index contributed by atoms with van der Waals surface area (Å²) in [6, 6.07) is 1.74. The average Bonchev–Trinajstić information content (AvgIpc) is 3.23. The predicted molar refractivity (Wildman–Crippen MR) is 72.1 cm³/mol. The molecule has 0 radical (unpaired) electrons. The van der Waals surface area contributed by atoms with E-state index in [9.17, 15) is 0 Å². The normalized spacial score (nSPS) is 40.4. The van der Waals surface area contributed by atoms with E-state index in [0.29, 0.717) is 0 Å². The number of nitrogens with one attached hydrogen (secondary N) is 1. The number of piperazine rings is 1. The van der Waals surface area contributed by atoms with Crippen LogP contribution in [0.25, 0.3) is 0 Å². The third kappa shape index (κ3) is 2.85. The maximum Gasteiger partial charge on any atom is 0.0223 e. The molecule has 1 N–H and O–H groups in total. The van der Waals surface area contributed by atoms with Crippen LogP contribution in [0, 0.1) is 11.8 Å². The molecule has 0 bridgehead atoms. The number of hydrogen-bond donors (Lipinski definition) is 1. The lowest BCUT2D eigenvalue weighted by Gasteiger charge is -2.42. The molecule has 2 nitrogen and oxygen atoms in total. The summed E-state index contributed by atoms with van der Waals surface area (Å²) in [7, 11) is 0. The molecular formula is C15H28N2. The van der Waals surface area contributed by atoms with Gasteiger partial charge in [-0.1, -0.05) is 26.2 Å². The highest BCUT2D eigenvalue weighted by atomic mass is 15.2. The van der Waals surface area contributed by atoms with Gasteiger partial charge in [-0.15, -0.1) is 0 Å². The van der Waals surface area contributed by atoms with E-state index in [-0.39, 0.29) is 0 Å². The molecule has 2 heteroatoms. The Balaban J connectivity index is 1.55. The first-order valence-corrected chi connectivity index (χ1v) is 7.84. The Bertz CT molecular complexity index is 249. The van der Waals surface area contributed by atoms with Crippen molar-refractivity contribution in [3.05, 3.63) is 0 Å². The molecule has 3 aliphatic rings. The van der Waals surface area contributed by atoms with Crippen LogP contribution >= 0.6 is 0 Å². The molecule has 0 spiro atoms. The van der Waals surface area contributed by atoms with Crippen LogP contribution in [0.15, 0.2) is 0 Å². The molecule has 0 aromatic carbocycles. The van der Waals surface area contributed by atoms with E-state index < -0.39 is 0 Å². The average molecular weight is 236 g/mol. The zero-order valence-electron chi connectivity index (χ0n) is 11.3. The van der Waals surface area contributed by atoms with Crippen LogP contribution in [-0.2, 0) is 0 Å². The van der Waals surface area contributed by atoms with Crippen LogP contribution < -0.4 is 5.32 Å². The van der Waals surface area contributed by atoms with Gasteiger partial charge in [-0.05, 0) is 37.5 Å². The van der Waals surface area contributed by atoms with Gasteiger partial charge in [0.15, 0.2) is 0 Å². The van der Waals surface area contributed by atoms with Crippen molar-refractivity contribution in [2.24, 2.45) is 11.8 Å². The van der Waals surface area contributed by atoms with Crippen molar-refractivity contribution in [2.75, 3.05) is 19.6 Å². The Morgan fingerprint density at radius 1 is 1.18 bits per heavy atom. The number of hydrogen-bond acceptors (Lipinski definition) is 2. The Morgan fingerprint density at radius 3 is 2.82 bits per heavy atom. The third-order valence-electron chi connectivity index (χ3n) is 5.28. The summed E-state index contributed by atoms with van der Waals surface area (Å²) in [4.78, 5) is 2.82. The summed E-state index contributed by atoms with van der Waals surface area (Å²) in [6.07, 6.45) is 10.3. The second-order valence-corrected chi connectivity index (χ2v) is 6.49. The molecule has 0 aromatic rings. The van der Waals surface area contributed by atoms with Gasteiger partial charge >= 0.3 is 0 Å². The largest absolute Gasteiger partial charge is 0.311 e. The van der Waals surface area contributed by atoms with Gasteiger partial charge < -0.3 is 5.32 Å². The standard InChI is InChI=1S/C15H28N2/c1-2-12-4-3-5-14(10-12)17-9-8-16-15(11-17)13-6-7-13/h12-16H,2-11H2,1H3. The molecule has 2 saturated carbocycles. The van der Waals surface area contributed by atoms with Gasteiger partial charge in [0.25, 0.3) is 0 Å². The molecule has 2 aliphatic carbocycles. The highest BCUT2D eigenvalue weighted by Crippen LogP contribution is 2.35. The fourth-order valence-electron chi connectivity index (χ4n) is 3.91. The Kier molecular flexibility index (Phi) is 3.72. The minimum Gasteiger partial charge on any atom is -0.311 e. The second-order valence-electron chi connectivity index (χ2n) is 6.49. The second kappa shape index (κ2) is 5.27. The first kappa shape index (κ1) is 12.0. The van der Waals surface area contributed by atoms with Crippen LogP contribution in [0.5, 0.6) is 0 Å². The molecule has 0 amide bonds. The fourth-order valence-corrected chi connectivity index (χ4v) is 3.91. The molecule has 1 heterocycles. The maximum absolute atomic E-state index is 3.73. The molecule has 17 heavy (non-hydrogen) atoms. The smallest absolute Gasteiger partial charge is 0.0223 e. The van der Waals surface area contributed by atoms with E-state index in [4.69, 9.17) is 0 Å². The molecule has 3 rings (SSSR count). The predicted octanol–water partition coefficient (Wildman–Crippen LogP) is 2.64. The van der Waals surface area contributed by atoms with Crippen molar-refractivity contribution in [3.63, 3.8) is 0 Å². The summed E-state index contributed by atoms with van der Waals surface area (Å²) < 4.78 is 0. The van der Waals surface area contributed by atoms with Crippen molar-refractivity contribution < 1.29 is 0 Å². The maximum atomic E-state index is 3.73. The lowest BCUT2D eigenvalue weighted by Crippen LogP contribution is -2.55. The van der Waals surface area contributed by atoms with Gasteiger partial charge in [-0.3, -0.25) is 4.90 Å². The van der Waals surface area contributed by atoms with Crippen molar-refractivity contribution >= 4 is 0 Å². The minimum absolute atomic E-state index is 0.825. The summed E-state index contributed by atoms with van der Waals surface area (Å²) >= 11 is 0. The van der Waals surface area contributed by atoms with Crippen LogP contribution in [-0.4, -0.2) is 36.6 Å². The lowest BCUT2D eigenvalue weighted by molar-refractivity contribution is 0.0910. The molecule has 3 unspecified atom stereocenters. The number of nitrogens with zero attached hydrogens (tertiary/aromatic N) is 1. The molecule has 3 fully saturated rings. The van der Waals surface area contributed by atoms with Gasteiger partial charge in [0, 0.05) is 31.7 Å². The fraction of sp³-hybridized carbons (Fsp3) is 1.00. The zero-order chi connectivity index (χ0) is 11.7. The monoisotopic (exact) mass is 236 g/mol. The first-order chi connectivity index (χ1) is 8.36. The Morgan fingerprint density at radius 2 is 2.06 bits per heavy atom. The van der Waals surface area contributed by atoms with Crippen LogP contribution in [0.3, 0.4) is 0 Å². The summed E-state index contributed by atoms with van der Waals surface area (Å²) in [5, 5.41) is 3.73. The van der Waals surface area contributed by atoms with Crippen LogP contribution in [0.2, 0.25) is 0 Å². The van der Waals surface area contributed by atoms with Crippen molar-refractivity contribution in [1.82, 2.24) is 10.2 Å². The molecule has 98 valence electrons. The Labute approximate surface area is 106 Å². The van der Waals surface area contributed by atoms with Gasteiger partial charge in [-0.2, -0.15) is 0 Å². The van der Waals surface area contributed by atoms with E-state index in [0.717, 1.165) is 23.9 Å². The van der Waals surface area contributed by atoms with Gasteiger partial charge in [0.2, 0.25) is 0 Å². The molecular weight excluding hydrogens is 208 g/mol. The van der Waals surface area contributed by atoms with Gasteiger partial charge in [0.05, 0.1) is 0 Å². The van der Waals surface area contributed by atoms with E-state index in [2.05, 4.69) is 17.1 Å². The molecule has 1 saturated heterocycles. The van der Waals surface area contributed by atoms with Crippen molar-refractivity contribution in [2.45, 2.75) is 64.0 Å². The van der Waals surface area contributed by atoms with E-state index in [1.54, 1.807) is 0 Å². The minimum atomic E-state index is 0.825. The lowest BCUT2D eigenvalue weighted by atomic mass is 9.83. The summed E-state index contributed by atoms with van der Waals surface area (Å²) in [6.45, 7) is 6.24. The van der Waals surface area contributed by atoms with Gasteiger partial charge in [0.1, 0.15) is 0 Å². The summed E-state index contributed by atoms with van der Waals surface area (Å²) in [5.74, 6) is 2.03. The topological polar surface area (TPSA) is 15.3 Å². The third-order valence-corrected chi connectivity index (χ3v) is 5.28. The zero-order valence-corrected chi connectivity index (χ0v) is 11.3. The number of rotatable bonds is 3. The van der Waals surface area contributed by atoms with Crippen LogP contribution in [0.1, 0.15) is 51.9 Å². The SMILES string of the molecule is CCC1CCCC(N2CCNC(C3CC3)C2)C1. The van der Waals surface area contributed by atoms with E-state index in [1.807, 2.05) is 0 Å². The molecule has 3 atom stereocenters. The summed E-state index contributed by atoms with van der Waals surface area (Å²) in [5.41, 5.74) is 0. The van der Waals surface area contributed by atoms with Crippen molar-refractivity contribution in [3.8, 4) is 0 Å². The van der Waals surface area contributed by atoms with Crippen molar-refractivity contribution in [1.29, 1.82) is 0 Å².